The van der Waals surface area contributed by atoms with Gasteiger partial charge in [-0.15, -0.1) is 36.6 Å². The molecule has 0 rings (SSSR count). The van der Waals surface area contributed by atoms with Crippen LogP contribution in [0.2, 0.25) is 0 Å². The van der Waals surface area contributed by atoms with Gasteiger partial charge in [0.15, 0.2) is 0 Å². The molecule has 0 unspecified atom stereocenters. The monoisotopic (exact) mass is 539 g/mol. The van der Waals surface area contributed by atoms with Crippen molar-refractivity contribution in [1.29, 1.82) is 0 Å². The summed E-state index contributed by atoms with van der Waals surface area (Å²) in [7, 11) is 0. The molecule has 0 aromatic carbocycles. The Labute approximate surface area is 206 Å². The van der Waals surface area contributed by atoms with Crippen LogP contribution < -0.4 is 30.6 Å². The Morgan fingerprint density at radius 3 is 0.308 bits per heavy atom. The van der Waals surface area contributed by atoms with Crippen LogP contribution in [0.5, 0.6) is 0 Å². The number of hydrogen-bond acceptors (Lipinski definition) is 6. The minimum Gasteiger partial charge on any atom is -0.852 e. The van der Waals surface area contributed by atoms with E-state index < -0.39 is 36.6 Å². The van der Waals surface area contributed by atoms with Crippen molar-refractivity contribution in [2.75, 3.05) is 0 Å². The zero-order valence-electron chi connectivity index (χ0n) is 18.8. The molecular weight excluding hydrogens is 496 g/mol. The Morgan fingerprint density at radius 2 is 0.308 bits per heavy atom. The largest absolute Gasteiger partial charge is 3.00 e. The molecule has 0 aliphatic rings. The quantitative estimate of drug-likeness (QED) is 0.332. The van der Waals surface area contributed by atoms with Gasteiger partial charge in [-0.1, -0.05) is 83.1 Å². The van der Waals surface area contributed by atoms with Gasteiger partial charge in [-0.05, 0) is 0 Å². The molecule has 0 amide bonds. The molecule has 161 valence electrons. The zero-order valence-corrected chi connectivity index (χ0v) is 22.3. The van der Waals surface area contributed by atoms with E-state index in [2.05, 4.69) is 0 Å². The fourth-order valence-electron chi connectivity index (χ4n) is 0. The van der Waals surface area contributed by atoms with Crippen molar-refractivity contribution in [3.8, 4) is 0 Å². The van der Waals surface area contributed by atoms with Crippen molar-refractivity contribution in [3.05, 3.63) is 0 Å². The van der Waals surface area contributed by atoms with E-state index in [-0.39, 0.29) is 57.3 Å². The molecule has 0 spiro atoms. The van der Waals surface area contributed by atoms with E-state index in [0.29, 0.717) is 0 Å². The Morgan fingerprint density at radius 1 is 0.308 bits per heavy atom. The van der Waals surface area contributed by atoms with Crippen LogP contribution in [-0.2, 0) is 0 Å². The number of hydrogen-bond donors (Lipinski definition) is 0. The van der Waals surface area contributed by atoms with Crippen molar-refractivity contribution < 1.29 is 70.6 Å². The number of rotatable bonds is 0. The van der Waals surface area contributed by atoms with Crippen LogP contribution in [0.15, 0.2) is 0 Å². The molecule has 0 fully saturated rings. The molecule has 0 aromatic rings. The molecule has 0 aliphatic carbocycles. The first-order valence-electron chi connectivity index (χ1n) is 8.34. The first-order chi connectivity index (χ1) is 10.4. The summed E-state index contributed by atoms with van der Waals surface area (Å²) in [6.07, 6.45) is -2.50. The SMILES string of the molecule is CC(C)[O-].CC(C)[O-].CC(C)[O-].CC(C)[O-].CC(C)[O-].CC(C)[O-].[Al+3].[Gd+3]. The van der Waals surface area contributed by atoms with Gasteiger partial charge in [0, 0.05) is 0 Å². The van der Waals surface area contributed by atoms with E-state index in [1.807, 2.05) is 0 Å². The first-order valence-corrected chi connectivity index (χ1v) is 8.34. The molecule has 0 atom stereocenters. The van der Waals surface area contributed by atoms with Crippen LogP contribution in [0, 0.1) is 39.9 Å². The summed E-state index contributed by atoms with van der Waals surface area (Å²) in [5.74, 6) is 0. The fraction of sp³-hybridized carbons (Fsp3) is 1.00. The third-order valence-corrected chi connectivity index (χ3v) is 0. The van der Waals surface area contributed by atoms with Gasteiger partial charge >= 0.3 is 57.3 Å². The molecule has 1 radical (unpaired) electrons. The Kier molecular flexibility index (Phi) is 88.8. The van der Waals surface area contributed by atoms with Crippen LogP contribution in [-0.4, -0.2) is 54.0 Å². The maximum absolute atomic E-state index is 9.53. The normalized spacial score (nSPS) is 8.31. The van der Waals surface area contributed by atoms with Gasteiger partial charge in [-0.2, -0.15) is 0 Å². The van der Waals surface area contributed by atoms with Crippen LogP contribution in [0.3, 0.4) is 0 Å². The van der Waals surface area contributed by atoms with E-state index in [1.54, 1.807) is 83.1 Å². The summed E-state index contributed by atoms with van der Waals surface area (Å²) < 4.78 is 0. The molecular formula is C18H42AlGdO6. The maximum Gasteiger partial charge on any atom is 3.00 e. The van der Waals surface area contributed by atoms with E-state index in [1.165, 1.54) is 0 Å². The molecule has 0 heterocycles. The molecule has 0 bridgehead atoms. The second kappa shape index (κ2) is 45.4. The predicted molar refractivity (Wildman–Crippen MR) is 96.6 cm³/mol. The summed E-state index contributed by atoms with van der Waals surface area (Å²) in [5, 5.41) is 57.2. The third kappa shape index (κ3) is 5940. The van der Waals surface area contributed by atoms with Crippen molar-refractivity contribution in [2.24, 2.45) is 0 Å². The van der Waals surface area contributed by atoms with E-state index in [0.717, 1.165) is 0 Å². The molecule has 6 nitrogen and oxygen atoms in total. The summed E-state index contributed by atoms with van der Waals surface area (Å²) in [6, 6.07) is 0. The van der Waals surface area contributed by atoms with E-state index in [9.17, 15) is 30.6 Å². The second-order valence-corrected chi connectivity index (χ2v) is 6.29. The van der Waals surface area contributed by atoms with Crippen LogP contribution in [0.25, 0.3) is 0 Å². The van der Waals surface area contributed by atoms with Crippen LogP contribution >= 0.6 is 0 Å². The fourth-order valence-corrected chi connectivity index (χ4v) is 0. The summed E-state index contributed by atoms with van der Waals surface area (Å²) in [6.45, 7) is 19.3. The standard InChI is InChI=1S/6C3H7O.Al.Gd/c6*1-3(2)4;;/h6*3H,1-2H3;;/q6*-1;2*+3. The Bertz CT molecular complexity index is 107. The van der Waals surface area contributed by atoms with Gasteiger partial charge in [0.05, 0.1) is 0 Å². The van der Waals surface area contributed by atoms with Crippen molar-refractivity contribution in [3.63, 3.8) is 0 Å². The second-order valence-electron chi connectivity index (χ2n) is 6.29. The van der Waals surface area contributed by atoms with Gasteiger partial charge < -0.3 is 30.6 Å². The average molecular weight is 539 g/mol. The molecule has 0 N–H and O–H groups in total. The van der Waals surface area contributed by atoms with Crippen molar-refractivity contribution >= 4 is 17.4 Å². The Balaban J connectivity index is -0.0000000245. The minimum absolute atomic E-state index is 0. The Hall–Kier alpha value is 1.62. The molecule has 26 heavy (non-hydrogen) atoms. The summed E-state index contributed by atoms with van der Waals surface area (Å²) in [5.41, 5.74) is 0. The van der Waals surface area contributed by atoms with Gasteiger partial charge in [0.25, 0.3) is 0 Å². The van der Waals surface area contributed by atoms with Crippen LogP contribution in [0.1, 0.15) is 83.1 Å². The molecule has 0 aromatic heterocycles. The van der Waals surface area contributed by atoms with E-state index in [4.69, 9.17) is 0 Å². The predicted octanol–water partition coefficient (Wildman–Crippen LogP) is -1.85. The van der Waals surface area contributed by atoms with Gasteiger partial charge in [0.2, 0.25) is 0 Å². The third-order valence-electron chi connectivity index (χ3n) is 0. The van der Waals surface area contributed by atoms with Crippen molar-refractivity contribution in [1.82, 2.24) is 0 Å². The van der Waals surface area contributed by atoms with Crippen LogP contribution in [0.4, 0.5) is 0 Å². The minimum atomic E-state index is -0.417. The molecule has 0 saturated heterocycles. The maximum atomic E-state index is 9.53. The zero-order chi connectivity index (χ0) is 21.5. The summed E-state index contributed by atoms with van der Waals surface area (Å²) >= 11 is 0. The topological polar surface area (TPSA) is 138 Å². The van der Waals surface area contributed by atoms with Gasteiger partial charge in [-0.25, -0.2) is 0 Å². The van der Waals surface area contributed by atoms with Gasteiger partial charge in [-0.3, -0.25) is 0 Å². The average Bonchev–Trinajstić information content (AvgIpc) is 2.08. The van der Waals surface area contributed by atoms with E-state index >= 15 is 0 Å². The molecule has 8 heteroatoms. The van der Waals surface area contributed by atoms with Crippen molar-refractivity contribution in [2.45, 2.75) is 120 Å². The summed E-state index contributed by atoms with van der Waals surface area (Å²) in [4.78, 5) is 0. The smallest absolute Gasteiger partial charge is 0.852 e. The molecule has 0 aliphatic heterocycles. The first kappa shape index (κ1) is 50.8. The molecule has 0 saturated carbocycles. The van der Waals surface area contributed by atoms with Gasteiger partial charge in [0.1, 0.15) is 0 Å².